The van der Waals surface area contributed by atoms with Crippen LogP contribution in [0.5, 0.6) is 0 Å². The Morgan fingerprint density at radius 1 is 1.41 bits per heavy atom. The fourth-order valence-electron chi connectivity index (χ4n) is 1.74. The number of amides is 1. The van der Waals surface area contributed by atoms with E-state index in [9.17, 15) is 4.79 Å². The molecule has 84 valence electrons. The highest BCUT2D eigenvalue weighted by atomic mass is 35.5. The van der Waals surface area contributed by atoms with Gasteiger partial charge in [0.15, 0.2) is 0 Å². The van der Waals surface area contributed by atoms with Gasteiger partial charge in [-0.3, -0.25) is 9.78 Å². The van der Waals surface area contributed by atoms with E-state index in [2.05, 4.69) is 10.3 Å². The standard InChI is InChI=1S/C12H7ClN2OS/c13-7-1-2-11-9(3-7)10(12(16)15-11)4-8-5-14-6-17-8/h1-6H,(H,15,16). The summed E-state index contributed by atoms with van der Waals surface area (Å²) < 4.78 is 0. The summed E-state index contributed by atoms with van der Waals surface area (Å²) in [6, 6.07) is 5.36. The quantitative estimate of drug-likeness (QED) is 0.802. The lowest BCUT2D eigenvalue weighted by Crippen LogP contribution is -2.03. The van der Waals surface area contributed by atoms with E-state index in [1.807, 2.05) is 12.1 Å². The minimum atomic E-state index is -0.101. The van der Waals surface area contributed by atoms with E-state index < -0.39 is 0 Å². The summed E-state index contributed by atoms with van der Waals surface area (Å²) in [5.41, 5.74) is 4.01. The van der Waals surface area contributed by atoms with E-state index in [1.165, 1.54) is 11.3 Å². The molecule has 1 N–H and O–H groups in total. The molecule has 2 aromatic rings. The van der Waals surface area contributed by atoms with Gasteiger partial charge in [0.25, 0.3) is 5.91 Å². The third-order valence-electron chi connectivity index (χ3n) is 2.50. The third kappa shape index (κ3) is 1.85. The van der Waals surface area contributed by atoms with Crippen LogP contribution in [0, 0.1) is 0 Å². The average molecular weight is 263 g/mol. The van der Waals surface area contributed by atoms with Gasteiger partial charge in [0.2, 0.25) is 0 Å². The minimum Gasteiger partial charge on any atom is -0.321 e. The van der Waals surface area contributed by atoms with Crippen molar-refractivity contribution in [2.75, 3.05) is 5.32 Å². The molecule has 0 radical (unpaired) electrons. The van der Waals surface area contributed by atoms with Gasteiger partial charge in [-0.1, -0.05) is 11.6 Å². The molecule has 1 aliphatic heterocycles. The van der Waals surface area contributed by atoms with Crippen LogP contribution in [0.3, 0.4) is 0 Å². The number of nitrogens with zero attached hydrogens (tertiary/aromatic N) is 1. The van der Waals surface area contributed by atoms with Gasteiger partial charge in [-0.15, -0.1) is 11.3 Å². The van der Waals surface area contributed by atoms with Crippen molar-refractivity contribution in [3.63, 3.8) is 0 Å². The van der Waals surface area contributed by atoms with Gasteiger partial charge in [0.1, 0.15) is 0 Å². The topological polar surface area (TPSA) is 42.0 Å². The molecule has 0 aliphatic carbocycles. The van der Waals surface area contributed by atoms with Crippen LogP contribution in [0.1, 0.15) is 10.4 Å². The molecule has 1 aliphatic rings. The predicted octanol–water partition coefficient (Wildman–Crippen LogP) is 3.29. The second kappa shape index (κ2) is 3.98. The summed E-state index contributed by atoms with van der Waals surface area (Å²) in [6.07, 6.45) is 3.56. The largest absolute Gasteiger partial charge is 0.321 e. The molecule has 1 aromatic carbocycles. The van der Waals surface area contributed by atoms with E-state index >= 15 is 0 Å². The molecule has 0 unspecified atom stereocenters. The molecule has 0 saturated heterocycles. The zero-order chi connectivity index (χ0) is 11.8. The number of hydrogen-bond donors (Lipinski definition) is 1. The molecule has 3 nitrogen and oxygen atoms in total. The number of rotatable bonds is 1. The number of carbonyl (C=O) groups excluding carboxylic acids is 1. The molecule has 2 heterocycles. The Labute approximate surface area is 107 Å². The van der Waals surface area contributed by atoms with Crippen molar-refractivity contribution in [3.8, 4) is 0 Å². The van der Waals surface area contributed by atoms with Crippen molar-refractivity contribution in [1.82, 2.24) is 4.98 Å². The van der Waals surface area contributed by atoms with Crippen molar-refractivity contribution < 1.29 is 4.79 Å². The first kappa shape index (κ1) is 10.5. The molecule has 0 spiro atoms. The van der Waals surface area contributed by atoms with E-state index in [1.54, 1.807) is 23.8 Å². The Morgan fingerprint density at radius 2 is 2.29 bits per heavy atom. The minimum absolute atomic E-state index is 0.101. The second-order valence-corrected chi connectivity index (χ2v) is 4.96. The van der Waals surface area contributed by atoms with Crippen molar-refractivity contribution in [1.29, 1.82) is 0 Å². The van der Waals surface area contributed by atoms with Gasteiger partial charge in [0.05, 0.1) is 11.1 Å². The summed E-state index contributed by atoms with van der Waals surface area (Å²) in [6.45, 7) is 0. The maximum atomic E-state index is 11.8. The fourth-order valence-corrected chi connectivity index (χ4v) is 2.47. The van der Waals surface area contributed by atoms with Crippen molar-refractivity contribution in [3.05, 3.63) is 45.4 Å². The molecule has 0 saturated carbocycles. The molecule has 5 heteroatoms. The SMILES string of the molecule is O=C1Nc2ccc(Cl)cc2C1=Cc1cncs1. The molecule has 17 heavy (non-hydrogen) atoms. The summed E-state index contributed by atoms with van der Waals surface area (Å²) in [5, 5.41) is 3.43. The molecule has 1 amide bonds. The van der Waals surface area contributed by atoms with E-state index in [-0.39, 0.29) is 5.91 Å². The Morgan fingerprint density at radius 3 is 3.06 bits per heavy atom. The Balaban J connectivity index is 2.13. The number of nitrogens with one attached hydrogen (secondary N) is 1. The van der Waals surface area contributed by atoms with Crippen molar-refractivity contribution in [2.24, 2.45) is 0 Å². The highest BCUT2D eigenvalue weighted by Crippen LogP contribution is 2.35. The van der Waals surface area contributed by atoms with E-state index in [0.29, 0.717) is 10.6 Å². The molecule has 3 rings (SSSR count). The van der Waals surface area contributed by atoms with Gasteiger partial charge in [-0.05, 0) is 24.3 Å². The summed E-state index contributed by atoms with van der Waals surface area (Å²) in [7, 11) is 0. The van der Waals surface area contributed by atoms with Crippen LogP contribution in [-0.2, 0) is 4.79 Å². The van der Waals surface area contributed by atoms with Crippen molar-refractivity contribution in [2.45, 2.75) is 0 Å². The molecule has 1 aromatic heterocycles. The lowest BCUT2D eigenvalue weighted by Gasteiger charge is -1.98. The number of thiazole rings is 1. The predicted molar refractivity (Wildman–Crippen MR) is 70.1 cm³/mol. The number of benzene rings is 1. The first-order chi connectivity index (χ1) is 8.24. The molecule has 0 bridgehead atoms. The maximum Gasteiger partial charge on any atom is 0.256 e. The van der Waals surface area contributed by atoms with Crippen LogP contribution < -0.4 is 5.32 Å². The zero-order valence-corrected chi connectivity index (χ0v) is 10.2. The van der Waals surface area contributed by atoms with Crippen LogP contribution in [-0.4, -0.2) is 10.9 Å². The number of aromatic nitrogens is 1. The normalized spacial score (nSPS) is 16.1. The number of hydrogen-bond acceptors (Lipinski definition) is 3. The van der Waals surface area contributed by atoms with Gasteiger partial charge >= 0.3 is 0 Å². The number of carbonyl (C=O) groups is 1. The van der Waals surface area contributed by atoms with Gasteiger partial charge < -0.3 is 5.32 Å². The third-order valence-corrected chi connectivity index (χ3v) is 3.46. The monoisotopic (exact) mass is 262 g/mol. The van der Waals surface area contributed by atoms with Crippen LogP contribution in [0.25, 0.3) is 11.6 Å². The number of halogens is 1. The van der Waals surface area contributed by atoms with Crippen LogP contribution in [0.15, 0.2) is 29.9 Å². The second-order valence-electron chi connectivity index (χ2n) is 3.61. The first-order valence-electron chi connectivity index (χ1n) is 4.95. The zero-order valence-electron chi connectivity index (χ0n) is 8.61. The van der Waals surface area contributed by atoms with Crippen LogP contribution in [0.4, 0.5) is 5.69 Å². The van der Waals surface area contributed by atoms with E-state index in [0.717, 1.165) is 16.1 Å². The molecule has 0 atom stereocenters. The lowest BCUT2D eigenvalue weighted by molar-refractivity contribution is -0.110. The maximum absolute atomic E-state index is 11.8. The van der Waals surface area contributed by atoms with E-state index in [4.69, 9.17) is 11.6 Å². The number of anilines is 1. The van der Waals surface area contributed by atoms with Gasteiger partial charge in [-0.25, -0.2) is 0 Å². The van der Waals surface area contributed by atoms with Gasteiger partial charge in [-0.2, -0.15) is 0 Å². The Kier molecular flexibility index (Phi) is 2.46. The first-order valence-corrected chi connectivity index (χ1v) is 6.21. The summed E-state index contributed by atoms with van der Waals surface area (Å²) >= 11 is 7.43. The number of fused-ring (bicyclic) bond motifs is 1. The smallest absolute Gasteiger partial charge is 0.256 e. The lowest BCUT2D eigenvalue weighted by atomic mass is 10.1. The molecular formula is C12H7ClN2OS. The average Bonchev–Trinajstić information content (AvgIpc) is 2.90. The molecule has 0 fully saturated rings. The summed E-state index contributed by atoms with van der Waals surface area (Å²) in [4.78, 5) is 16.8. The van der Waals surface area contributed by atoms with Crippen molar-refractivity contribution >= 4 is 46.2 Å². The van der Waals surface area contributed by atoms with Gasteiger partial charge in [0, 0.05) is 27.3 Å². The fraction of sp³-hybridized carbons (Fsp3) is 0. The van der Waals surface area contributed by atoms with Crippen LogP contribution in [0.2, 0.25) is 5.02 Å². The van der Waals surface area contributed by atoms with Crippen LogP contribution >= 0.6 is 22.9 Å². The summed E-state index contributed by atoms with van der Waals surface area (Å²) in [5.74, 6) is -0.101. The highest BCUT2D eigenvalue weighted by Gasteiger charge is 2.24. The molecular weight excluding hydrogens is 256 g/mol. The Bertz CT molecular complexity index is 619. The highest BCUT2D eigenvalue weighted by molar-refractivity contribution is 7.10. The Hall–Kier alpha value is -1.65.